The number of morpholine rings is 1. The van der Waals surface area contributed by atoms with E-state index in [2.05, 4.69) is 12.2 Å². The van der Waals surface area contributed by atoms with E-state index in [-0.39, 0.29) is 11.8 Å². The lowest BCUT2D eigenvalue weighted by Gasteiger charge is -2.27. The number of nitrogens with one attached hydrogen (secondary N) is 1. The van der Waals surface area contributed by atoms with Crippen LogP contribution in [0.5, 0.6) is 0 Å². The van der Waals surface area contributed by atoms with Gasteiger partial charge in [0.15, 0.2) is 0 Å². The van der Waals surface area contributed by atoms with Crippen LogP contribution in [0.15, 0.2) is 0 Å². The summed E-state index contributed by atoms with van der Waals surface area (Å²) in [5.74, 6) is 0.0923. The zero-order valence-corrected chi connectivity index (χ0v) is 15.9. The van der Waals surface area contributed by atoms with Crippen LogP contribution in [0.3, 0.4) is 0 Å². The molecule has 0 aromatic carbocycles. The Morgan fingerprint density at radius 2 is 1.92 bits per heavy atom. The maximum Gasteiger partial charge on any atom is 0.257 e. The van der Waals surface area contributed by atoms with Gasteiger partial charge in [-0.25, -0.2) is 0 Å². The lowest BCUT2D eigenvalue weighted by atomic mass is 9.95. The molecule has 1 aromatic heterocycles. The van der Waals surface area contributed by atoms with E-state index in [4.69, 9.17) is 4.74 Å². The first-order valence-electron chi connectivity index (χ1n) is 9.52. The van der Waals surface area contributed by atoms with Gasteiger partial charge in [-0.05, 0) is 37.7 Å². The van der Waals surface area contributed by atoms with Gasteiger partial charge in [0, 0.05) is 24.4 Å². The first-order valence-corrected chi connectivity index (χ1v) is 10.3. The van der Waals surface area contributed by atoms with Gasteiger partial charge in [0.05, 0.1) is 18.8 Å². The van der Waals surface area contributed by atoms with E-state index >= 15 is 0 Å². The van der Waals surface area contributed by atoms with E-state index in [1.54, 1.807) is 11.3 Å². The molecule has 0 unspecified atom stereocenters. The molecule has 2 heterocycles. The molecule has 25 heavy (non-hydrogen) atoms. The lowest BCUT2D eigenvalue weighted by molar-refractivity contribution is -0.116. The number of fused-ring (bicyclic) bond motifs is 1. The first-order chi connectivity index (χ1) is 12.2. The van der Waals surface area contributed by atoms with Gasteiger partial charge < -0.3 is 15.0 Å². The second-order valence-corrected chi connectivity index (χ2v) is 7.93. The average Bonchev–Trinajstić information content (AvgIpc) is 2.99. The zero-order chi connectivity index (χ0) is 17.6. The van der Waals surface area contributed by atoms with Gasteiger partial charge in [-0.3, -0.25) is 9.59 Å². The second kappa shape index (κ2) is 8.81. The number of rotatable bonds is 6. The maximum absolute atomic E-state index is 13.1. The van der Waals surface area contributed by atoms with Crippen LogP contribution >= 0.6 is 11.3 Å². The van der Waals surface area contributed by atoms with Crippen LogP contribution in [0.1, 0.15) is 66.2 Å². The van der Waals surface area contributed by atoms with Crippen molar-refractivity contribution in [3.63, 3.8) is 0 Å². The van der Waals surface area contributed by atoms with Crippen molar-refractivity contribution in [2.75, 3.05) is 31.6 Å². The van der Waals surface area contributed by atoms with E-state index in [0.717, 1.165) is 49.1 Å². The van der Waals surface area contributed by atoms with E-state index < -0.39 is 0 Å². The van der Waals surface area contributed by atoms with Crippen LogP contribution in [0, 0.1) is 0 Å². The molecule has 0 bridgehead atoms. The average molecular weight is 365 g/mol. The molecule has 1 N–H and O–H groups in total. The summed E-state index contributed by atoms with van der Waals surface area (Å²) in [5, 5.41) is 3.82. The first kappa shape index (κ1) is 18.4. The quantitative estimate of drug-likeness (QED) is 0.785. The number of unbranched alkanes of at least 4 members (excludes halogenated alkanes) is 2. The van der Waals surface area contributed by atoms with Crippen LogP contribution in [-0.2, 0) is 22.4 Å². The normalized spacial score (nSPS) is 17.2. The predicted molar refractivity (Wildman–Crippen MR) is 100 cm³/mol. The minimum absolute atomic E-state index is 0.0306. The molecule has 2 aliphatic rings. The fourth-order valence-electron chi connectivity index (χ4n) is 3.53. The van der Waals surface area contributed by atoms with Gasteiger partial charge in [-0.15, -0.1) is 11.3 Å². The van der Waals surface area contributed by atoms with Crippen molar-refractivity contribution in [3.05, 3.63) is 16.0 Å². The van der Waals surface area contributed by atoms with E-state index in [9.17, 15) is 9.59 Å². The summed E-state index contributed by atoms with van der Waals surface area (Å²) in [6.07, 6.45) is 7.86. The Labute approximate surface area is 153 Å². The van der Waals surface area contributed by atoms with Gasteiger partial charge in [0.2, 0.25) is 5.91 Å². The molecule has 3 rings (SSSR count). The van der Waals surface area contributed by atoms with Crippen molar-refractivity contribution in [3.8, 4) is 0 Å². The summed E-state index contributed by atoms with van der Waals surface area (Å²) < 4.78 is 5.37. The summed E-state index contributed by atoms with van der Waals surface area (Å²) in [6, 6.07) is 0. The number of carbonyl (C=O) groups is 2. The van der Waals surface area contributed by atoms with Gasteiger partial charge in [0.25, 0.3) is 5.91 Å². The van der Waals surface area contributed by atoms with Gasteiger partial charge in [-0.1, -0.05) is 19.8 Å². The molecule has 1 saturated heterocycles. The van der Waals surface area contributed by atoms with Crippen molar-refractivity contribution in [1.82, 2.24) is 4.90 Å². The van der Waals surface area contributed by atoms with Crippen molar-refractivity contribution < 1.29 is 14.3 Å². The Bertz CT molecular complexity index is 620. The summed E-state index contributed by atoms with van der Waals surface area (Å²) >= 11 is 1.61. The molecule has 138 valence electrons. The minimum Gasteiger partial charge on any atom is -0.378 e. The third-order valence-electron chi connectivity index (χ3n) is 4.94. The molecule has 1 aliphatic carbocycles. The number of thiophene rings is 1. The summed E-state index contributed by atoms with van der Waals surface area (Å²) in [5.41, 5.74) is 1.93. The van der Waals surface area contributed by atoms with Crippen LogP contribution in [0.25, 0.3) is 0 Å². The Balaban J connectivity index is 1.80. The predicted octanol–water partition coefficient (Wildman–Crippen LogP) is 3.62. The van der Waals surface area contributed by atoms with E-state index in [1.165, 1.54) is 16.9 Å². The zero-order valence-electron chi connectivity index (χ0n) is 15.1. The highest BCUT2D eigenvalue weighted by molar-refractivity contribution is 7.17. The maximum atomic E-state index is 13.1. The van der Waals surface area contributed by atoms with Crippen molar-refractivity contribution >= 4 is 28.2 Å². The van der Waals surface area contributed by atoms with Gasteiger partial charge in [-0.2, -0.15) is 0 Å². The largest absolute Gasteiger partial charge is 0.378 e. The van der Waals surface area contributed by atoms with Gasteiger partial charge >= 0.3 is 0 Å². The van der Waals surface area contributed by atoms with Crippen molar-refractivity contribution in [2.24, 2.45) is 0 Å². The highest BCUT2D eigenvalue weighted by Crippen LogP contribution is 2.39. The molecule has 0 atom stereocenters. The van der Waals surface area contributed by atoms with Crippen LogP contribution in [0.2, 0.25) is 0 Å². The third kappa shape index (κ3) is 4.42. The summed E-state index contributed by atoms with van der Waals surface area (Å²) in [7, 11) is 0. The molecule has 1 fully saturated rings. The molecule has 5 nitrogen and oxygen atoms in total. The van der Waals surface area contributed by atoms with Crippen molar-refractivity contribution in [2.45, 2.75) is 58.3 Å². The molecule has 0 saturated carbocycles. The molecular formula is C19H28N2O3S. The summed E-state index contributed by atoms with van der Waals surface area (Å²) in [6.45, 7) is 4.58. The number of carbonyl (C=O) groups excluding carboxylic acids is 2. The van der Waals surface area contributed by atoms with E-state index in [1.807, 2.05) is 4.90 Å². The monoisotopic (exact) mass is 364 g/mol. The Hall–Kier alpha value is -1.40. The SMILES string of the molecule is CCCCCC(=O)Nc1sc2c(c1C(=O)N1CCOCC1)CCCC2. The smallest absolute Gasteiger partial charge is 0.257 e. The third-order valence-corrected chi connectivity index (χ3v) is 6.15. The highest BCUT2D eigenvalue weighted by atomic mass is 32.1. The number of anilines is 1. The minimum atomic E-state index is 0.0306. The molecule has 1 aliphatic heterocycles. The van der Waals surface area contributed by atoms with Crippen molar-refractivity contribution in [1.29, 1.82) is 0 Å². The number of nitrogens with zero attached hydrogens (tertiary/aromatic N) is 1. The van der Waals surface area contributed by atoms with Gasteiger partial charge in [0.1, 0.15) is 5.00 Å². The lowest BCUT2D eigenvalue weighted by Crippen LogP contribution is -2.41. The van der Waals surface area contributed by atoms with Crippen LogP contribution < -0.4 is 5.32 Å². The molecule has 2 amide bonds. The topological polar surface area (TPSA) is 58.6 Å². The van der Waals surface area contributed by atoms with Crippen LogP contribution in [-0.4, -0.2) is 43.0 Å². The Morgan fingerprint density at radius 3 is 2.68 bits per heavy atom. The second-order valence-electron chi connectivity index (χ2n) is 6.82. The number of amides is 2. The van der Waals surface area contributed by atoms with E-state index in [0.29, 0.717) is 32.7 Å². The fourth-order valence-corrected chi connectivity index (χ4v) is 4.83. The fraction of sp³-hybridized carbons (Fsp3) is 0.684. The molecule has 1 aromatic rings. The van der Waals surface area contributed by atoms with Crippen LogP contribution in [0.4, 0.5) is 5.00 Å². The Kier molecular flexibility index (Phi) is 6.48. The molecular weight excluding hydrogens is 336 g/mol. The highest BCUT2D eigenvalue weighted by Gasteiger charge is 2.29. The molecule has 6 heteroatoms. The number of hydrogen-bond donors (Lipinski definition) is 1. The Morgan fingerprint density at radius 1 is 1.16 bits per heavy atom. The summed E-state index contributed by atoms with van der Waals surface area (Å²) in [4.78, 5) is 28.6. The molecule has 0 radical (unpaired) electrons. The number of hydrogen-bond acceptors (Lipinski definition) is 4. The molecule has 0 spiro atoms. The number of aryl methyl sites for hydroxylation is 1. The standard InChI is InChI=1S/C19H28N2O3S/c1-2-3-4-9-16(22)20-18-17(14-7-5-6-8-15(14)25-18)19(23)21-10-12-24-13-11-21/h2-13H2,1H3,(H,20,22). The number of ether oxygens (including phenoxy) is 1.